The minimum atomic E-state index is -0.00943. The lowest BCUT2D eigenvalue weighted by atomic mass is 10.5. The molecule has 0 fully saturated rings. The van der Waals surface area contributed by atoms with Crippen molar-refractivity contribution < 1.29 is 9.47 Å². The van der Waals surface area contributed by atoms with E-state index >= 15 is 0 Å². The summed E-state index contributed by atoms with van der Waals surface area (Å²) in [5, 5.41) is 0.135. The average molecular weight is 289 g/mol. The Hall–Kier alpha value is -1.14. The molecule has 108 valence electrons. The molecule has 19 heavy (non-hydrogen) atoms. The zero-order valence-electron chi connectivity index (χ0n) is 11.9. The normalized spacial score (nSPS) is 10.8. The molecular formula is C12H21ClN4O2. The second kappa shape index (κ2) is 8.12. The Balaban J connectivity index is 2.81. The number of halogens is 1. The number of ether oxygens (including phenoxy) is 2. The highest BCUT2D eigenvalue weighted by molar-refractivity contribution is 6.28. The maximum Gasteiger partial charge on any atom is 0.322 e. The molecule has 0 radical (unpaired) electrons. The van der Waals surface area contributed by atoms with Gasteiger partial charge in [0.1, 0.15) is 0 Å². The highest BCUT2D eigenvalue weighted by Gasteiger charge is 2.13. The number of hydrogen-bond acceptors (Lipinski definition) is 6. The molecule has 0 N–H and O–H groups in total. The fourth-order valence-electron chi connectivity index (χ4n) is 1.45. The van der Waals surface area contributed by atoms with E-state index in [9.17, 15) is 0 Å². The minimum absolute atomic E-state index is 0.00943. The van der Waals surface area contributed by atoms with Crippen molar-refractivity contribution in [3.05, 3.63) is 5.28 Å². The fraction of sp³-hybridized carbons (Fsp3) is 0.750. The molecule has 0 saturated carbocycles. The van der Waals surface area contributed by atoms with Crippen molar-refractivity contribution in [3.8, 4) is 6.01 Å². The van der Waals surface area contributed by atoms with Gasteiger partial charge < -0.3 is 14.4 Å². The predicted molar refractivity (Wildman–Crippen MR) is 75.0 cm³/mol. The van der Waals surface area contributed by atoms with Crippen LogP contribution in [0.15, 0.2) is 0 Å². The lowest BCUT2D eigenvalue weighted by Crippen LogP contribution is -2.29. The largest absolute Gasteiger partial charge is 0.461 e. The molecule has 0 saturated heterocycles. The van der Waals surface area contributed by atoms with Crippen molar-refractivity contribution >= 4 is 17.5 Å². The van der Waals surface area contributed by atoms with Crippen molar-refractivity contribution in [2.75, 3.05) is 31.2 Å². The molecule has 0 bridgehead atoms. The Morgan fingerprint density at radius 1 is 1.21 bits per heavy atom. The maximum absolute atomic E-state index is 5.90. The third-order valence-electron chi connectivity index (χ3n) is 2.29. The Kier molecular flexibility index (Phi) is 6.80. The van der Waals surface area contributed by atoms with Crippen LogP contribution in [0.5, 0.6) is 6.01 Å². The predicted octanol–water partition coefficient (Wildman–Crippen LogP) is 2.17. The Bertz CT molecular complexity index is 390. The van der Waals surface area contributed by atoms with E-state index in [1.54, 1.807) is 0 Å². The van der Waals surface area contributed by atoms with Crippen molar-refractivity contribution in [1.82, 2.24) is 15.0 Å². The second-order valence-electron chi connectivity index (χ2n) is 4.13. The van der Waals surface area contributed by atoms with E-state index in [0.717, 1.165) is 6.54 Å². The van der Waals surface area contributed by atoms with Crippen LogP contribution in [0.1, 0.15) is 27.7 Å². The number of nitrogens with zero attached hydrogens (tertiary/aromatic N) is 4. The van der Waals surface area contributed by atoms with Crippen LogP contribution in [0.3, 0.4) is 0 Å². The standard InChI is InChI=1S/C12H21ClN4O2/c1-5-17(7-8-18-6-2)11-14-10(13)15-12(16-11)19-9(3)4/h9H,5-8H2,1-4H3. The molecule has 0 aliphatic heterocycles. The molecule has 1 rings (SSSR count). The van der Waals surface area contributed by atoms with Crippen molar-refractivity contribution in [1.29, 1.82) is 0 Å². The summed E-state index contributed by atoms with van der Waals surface area (Å²) in [7, 11) is 0. The summed E-state index contributed by atoms with van der Waals surface area (Å²) in [6, 6.07) is 0.250. The second-order valence-corrected chi connectivity index (χ2v) is 4.47. The van der Waals surface area contributed by atoms with Gasteiger partial charge in [-0.1, -0.05) is 0 Å². The van der Waals surface area contributed by atoms with Crippen LogP contribution in [0.2, 0.25) is 5.28 Å². The minimum Gasteiger partial charge on any atom is -0.461 e. The van der Waals surface area contributed by atoms with Gasteiger partial charge in [0.05, 0.1) is 12.7 Å². The van der Waals surface area contributed by atoms with Crippen molar-refractivity contribution in [2.24, 2.45) is 0 Å². The van der Waals surface area contributed by atoms with Gasteiger partial charge in [0.15, 0.2) is 0 Å². The van der Waals surface area contributed by atoms with E-state index < -0.39 is 0 Å². The molecule has 0 spiro atoms. The van der Waals surface area contributed by atoms with Gasteiger partial charge in [-0.25, -0.2) is 0 Å². The van der Waals surface area contributed by atoms with Crippen LogP contribution in [0.4, 0.5) is 5.95 Å². The highest BCUT2D eigenvalue weighted by Crippen LogP contribution is 2.15. The fourth-order valence-corrected chi connectivity index (χ4v) is 1.59. The van der Waals surface area contributed by atoms with Crippen LogP contribution < -0.4 is 9.64 Å². The van der Waals surface area contributed by atoms with Crippen LogP contribution in [0.25, 0.3) is 0 Å². The molecule has 1 heterocycles. The van der Waals surface area contributed by atoms with Crippen molar-refractivity contribution in [2.45, 2.75) is 33.8 Å². The summed E-state index contributed by atoms with van der Waals surface area (Å²) >= 11 is 5.90. The van der Waals surface area contributed by atoms with Crippen LogP contribution in [0, 0.1) is 0 Å². The van der Waals surface area contributed by atoms with Crippen LogP contribution in [-0.2, 0) is 4.74 Å². The first-order valence-electron chi connectivity index (χ1n) is 6.47. The summed E-state index contributed by atoms with van der Waals surface area (Å²) in [5.41, 5.74) is 0. The van der Waals surface area contributed by atoms with Crippen LogP contribution >= 0.6 is 11.6 Å². The molecule has 7 heteroatoms. The van der Waals surface area contributed by atoms with E-state index in [-0.39, 0.29) is 17.4 Å². The average Bonchev–Trinajstić information content (AvgIpc) is 2.33. The third kappa shape index (κ3) is 5.57. The molecule has 0 aliphatic carbocycles. The molecule has 0 unspecified atom stereocenters. The molecule has 1 aromatic rings. The topological polar surface area (TPSA) is 60.4 Å². The number of anilines is 1. The maximum atomic E-state index is 5.90. The lowest BCUT2D eigenvalue weighted by Gasteiger charge is -2.21. The Labute approximate surface area is 119 Å². The number of hydrogen-bond donors (Lipinski definition) is 0. The smallest absolute Gasteiger partial charge is 0.322 e. The molecule has 1 aromatic heterocycles. The van der Waals surface area contributed by atoms with E-state index in [1.165, 1.54) is 0 Å². The van der Waals surface area contributed by atoms with Crippen LogP contribution in [-0.4, -0.2) is 47.4 Å². The molecular weight excluding hydrogens is 268 g/mol. The summed E-state index contributed by atoms with van der Waals surface area (Å²) in [4.78, 5) is 14.3. The van der Waals surface area contributed by atoms with Gasteiger partial charge in [0, 0.05) is 19.7 Å². The van der Waals surface area contributed by atoms with Crippen molar-refractivity contribution in [3.63, 3.8) is 0 Å². The summed E-state index contributed by atoms with van der Waals surface area (Å²) in [6.07, 6.45) is -0.00943. The Morgan fingerprint density at radius 2 is 1.95 bits per heavy atom. The summed E-state index contributed by atoms with van der Waals surface area (Å²) in [6.45, 7) is 10.6. The molecule has 6 nitrogen and oxygen atoms in total. The van der Waals surface area contributed by atoms with E-state index in [1.807, 2.05) is 32.6 Å². The quantitative estimate of drug-likeness (QED) is 0.683. The summed E-state index contributed by atoms with van der Waals surface area (Å²) < 4.78 is 10.8. The molecule has 0 aromatic carbocycles. The zero-order valence-corrected chi connectivity index (χ0v) is 12.6. The van der Waals surface area contributed by atoms with Gasteiger partial charge in [-0.2, -0.15) is 15.0 Å². The van der Waals surface area contributed by atoms with E-state index in [2.05, 4.69) is 15.0 Å². The summed E-state index contributed by atoms with van der Waals surface area (Å²) in [5.74, 6) is 0.512. The van der Waals surface area contributed by atoms with Gasteiger partial charge in [0.2, 0.25) is 11.2 Å². The van der Waals surface area contributed by atoms with Gasteiger partial charge in [-0.3, -0.25) is 0 Å². The monoisotopic (exact) mass is 288 g/mol. The SMILES string of the molecule is CCOCCN(CC)c1nc(Cl)nc(OC(C)C)n1. The zero-order chi connectivity index (χ0) is 14.3. The number of likely N-dealkylation sites (N-methyl/N-ethyl adjacent to an activating group) is 1. The molecule has 0 atom stereocenters. The third-order valence-corrected chi connectivity index (χ3v) is 2.46. The highest BCUT2D eigenvalue weighted by atomic mass is 35.5. The van der Waals surface area contributed by atoms with Gasteiger partial charge in [-0.15, -0.1) is 0 Å². The first kappa shape index (κ1) is 15.9. The van der Waals surface area contributed by atoms with Gasteiger partial charge in [0.25, 0.3) is 0 Å². The van der Waals surface area contributed by atoms with Gasteiger partial charge >= 0.3 is 6.01 Å². The van der Waals surface area contributed by atoms with E-state index in [0.29, 0.717) is 25.7 Å². The molecule has 0 aliphatic rings. The first-order chi connectivity index (χ1) is 9.06. The number of rotatable bonds is 8. The van der Waals surface area contributed by atoms with Gasteiger partial charge in [-0.05, 0) is 39.3 Å². The first-order valence-corrected chi connectivity index (χ1v) is 6.85. The number of aromatic nitrogens is 3. The van der Waals surface area contributed by atoms with E-state index in [4.69, 9.17) is 21.1 Å². The Morgan fingerprint density at radius 3 is 2.53 bits per heavy atom. The molecule has 0 amide bonds. The lowest BCUT2D eigenvalue weighted by molar-refractivity contribution is 0.153.